The summed E-state index contributed by atoms with van der Waals surface area (Å²) in [5, 5.41) is 0. The predicted octanol–water partition coefficient (Wildman–Crippen LogP) is 9.70. The monoisotopic (exact) mass is 666 g/mol. The lowest BCUT2D eigenvalue weighted by Gasteiger charge is -2.26. The number of ether oxygens (including phenoxy) is 4. The number of methoxy groups -OCH3 is 4. The van der Waals surface area contributed by atoms with Crippen molar-refractivity contribution in [1.29, 1.82) is 0 Å². The summed E-state index contributed by atoms with van der Waals surface area (Å²) < 4.78 is 21.7. The average Bonchev–Trinajstić information content (AvgIpc) is 3.15. The van der Waals surface area contributed by atoms with Crippen LogP contribution in [0.1, 0.15) is 68.7 Å². The number of unbranched alkanes of at least 4 members (excludes halogenated alkanes) is 2. The van der Waals surface area contributed by atoms with Gasteiger partial charge in [-0.15, -0.1) is 0 Å². The highest BCUT2D eigenvalue weighted by atomic mass is 16.5. The molecule has 0 fully saturated rings. The van der Waals surface area contributed by atoms with Crippen LogP contribution >= 0.6 is 0 Å². The number of hydrogen-bond donors (Lipinski definition) is 0. The third-order valence-corrected chi connectivity index (χ3v) is 10.2. The highest BCUT2D eigenvalue weighted by molar-refractivity contribution is 6.12. The Morgan fingerprint density at radius 2 is 0.880 bits per heavy atom. The molecular weight excluding hydrogens is 624 g/mol. The first-order valence-corrected chi connectivity index (χ1v) is 17.4. The van der Waals surface area contributed by atoms with Crippen LogP contribution in [0.3, 0.4) is 0 Å². The fourth-order valence-corrected chi connectivity index (χ4v) is 7.65. The van der Waals surface area contributed by atoms with Crippen molar-refractivity contribution >= 4 is 11.9 Å². The van der Waals surface area contributed by atoms with Crippen molar-refractivity contribution in [3.8, 4) is 56.0 Å². The maximum Gasteiger partial charge on any atom is 0.338 e. The third kappa shape index (κ3) is 6.04. The van der Waals surface area contributed by atoms with E-state index in [1.807, 2.05) is 24.3 Å². The van der Waals surface area contributed by atoms with E-state index in [1.54, 1.807) is 14.2 Å². The zero-order valence-corrected chi connectivity index (χ0v) is 29.2. The lowest BCUT2D eigenvalue weighted by atomic mass is 9.77. The Labute approximate surface area is 294 Å². The zero-order valence-electron chi connectivity index (χ0n) is 29.2. The van der Waals surface area contributed by atoms with Crippen LogP contribution in [0.2, 0.25) is 0 Å². The minimum absolute atomic E-state index is 0.294. The van der Waals surface area contributed by atoms with Crippen molar-refractivity contribution in [2.24, 2.45) is 0 Å². The summed E-state index contributed by atoms with van der Waals surface area (Å²) in [6, 6.07) is 29.1. The summed E-state index contributed by atoms with van der Waals surface area (Å²) in [6.45, 7) is 0. The highest BCUT2D eigenvalue weighted by Gasteiger charge is 2.29. The maximum atomic E-state index is 12.3. The van der Waals surface area contributed by atoms with Gasteiger partial charge < -0.3 is 18.9 Å². The van der Waals surface area contributed by atoms with Gasteiger partial charge in [-0.05, 0) is 131 Å². The second-order valence-corrected chi connectivity index (χ2v) is 13.1. The molecule has 5 aromatic rings. The van der Waals surface area contributed by atoms with E-state index in [0.29, 0.717) is 11.1 Å². The van der Waals surface area contributed by atoms with E-state index in [2.05, 4.69) is 60.7 Å². The normalized spacial score (nSPS) is 11.6. The molecule has 0 radical (unpaired) electrons. The molecule has 0 bridgehead atoms. The van der Waals surface area contributed by atoms with Crippen molar-refractivity contribution in [3.63, 3.8) is 0 Å². The maximum absolute atomic E-state index is 12.3. The fraction of sp³-hybridized carbons (Fsp3) is 0.273. The van der Waals surface area contributed by atoms with E-state index in [-0.39, 0.29) is 11.9 Å². The zero-order chi connectivity index (χ0) is 34.8. The molecule has 0 spiro atoms. The standard InChI is InChI=1S/C44H42O6/c1-47-39-25-30(14-8-6-12-28-20-22-32-34-16-10-18-36(44(46)50-4)42(34)38(32)24-28)40(48-2)26-29(39)13-7-5-11-27-19-21-31-33-15-9-17-35(43(45)49-3)41(33)37(31)23-27/h9-10,15-26H,5-8,11-14H2,1-4H3. The summed E-state index contributed by atoms with van der Waals surface area (Å²) in [5.41, 5.74) is 15.0. The summed E-state index contributed by atoms with van der Waals surface area (Å²) in [5.74, 6) is 1.24. The molecule has 5 aromatic carbocycles. The van der Waals surface area contributed by atoms with Crippen LogP contribution in [0, 0.1) is 0 Å². The quantitative estimate of drug-likeness (QED) is 0.0850. The molecule has 2 aliphatic carbocycles. The van der Waals surface area contributed by atoms with Gasteiger partial charge in [0.05, 0.1) is 39.6 Å². The Bertz CT molecular complexity index is 1960. The number of rotatable bonds is 14. The molecule has 7 rings (SSSR count). The van der Waals surface area contributed by atoms with Crippen molar-refractivity contribution in [3.05, 3.63) is 118 Å². The second kappa shape index (κ2) is 14.2. The lowest BCUT2D eigenvalue weighted by molar-refractivity contribution is 0.0592. The number of hydrogen-bond acceptors (Lipinski definition) is 6. The molecule has 0 amide bonds. The fourth-order valence-electron chi connectivity index (χ4n) is 7.65. The molecule has 0 unspecified atom stereocenters. The summed E-state index contributed by atoms with van der Waals surface area (Å²) in [6.07, 6.45) is 7.84. The molecule has 2 aliphatic rings. The number of benzene rings is 5. The summed E-state index contributed by atoms with van der Waals surface area (Å²) >= 11 is 0. The molecule has 0 saturated heterocycles. The summed E-state index contributed by atoms with van der Waals surface area (Å²) in [4.78, 5) is 24.7. The highest BCUT2D eigenvalue weighted by Crippen LogP contribution is 2.50. The Hall–Kier alpha value is -5.36. The Kier molecular flexibility index (Phi) is 9.44. The molecule has 0 aliphatic heterocycles. The molecule has 6 nitrogen and oxygen atoms in total. The van der Waals surface area contributed by atoms with Crippen LogP contribution < -0.4 is 9.47 Å². The minimum Gasteiger partial charge on any atom is -0.496 e. The number of carbonyl (C=O) groups excluding carboxylic acids is 2. The van der Waals surface area contributed by atoms with Gasteiger partial charge in [-0.2, -0.15) is 0 Å². The number of aryl methyl sites for hydroxylation is 4. The van der Waals surface area contributed by atoms with Gasteiger partial charge in [0.1, 0.15) is 11.5 Å². The van der Waals surface area contributed by atoms with Crippen molar-refractivity contribution in [2.75, 3.05) is 28.4 Å². The van der Waals surface area contributed by atoms with Crippen molar-refractivity contribution < 1.29 is 28.5 Å². The van der Waals surface area contributed by atoms with Gasteiger partial charge in [0.15, 0.2) is 0 Å². The van der Waals surface area contributed by atoms with Crippen molar-refractivity contribution in [1.82, 2.24) is 0 Å². The Morgan fingerprint density at radius 1 is 0.460 bits per heavy atom. The van der Waals surface area contributed by atoms with Crippen LogP contribution in [-0.2, 0) is 35.2 Å². The minimum atomic E-state index is -0.294. The smallest absolute Gasteiger partial charge is 0.338 e. The van der Waals surface area contributed by atoms with E-state index in [1.165, 1.54) is 36.5 Å². The first-order valence-electron chi connectivity index (χ1n) is 17.4. The van der Waals surface area contributed by atoms with E-state index in [0.717, 1.165) is 107 Å². The molecule has 254 valence electrons. The van der Waals surface area contributed by atoms with Crippen LogP contribution in [0.15, 0.2) is 84.9 Å². The number of esters is 2. The van der Waals surface area contributed by atoms with Crippen molar-refractivity contribution in [2.45, 2.75) is 51.4 Å². The SMILES string of the molecule is COC(=O)c1cccc2c1-c1cc(CCCCc3cc(OC)c(CCCCc4ccc5c(c4)-c4c(C(=O)OC)cccc4-5)cc3OC)ccc1-2. The molecule has 0 aromatic heterocycles. The van der Waals surface area contributed by atoms with E-state index >= 15 is 0 Å². The van der Waals surface area contributed by atoms with Crippen LogP contribution in [0.5, 0.6) is 11.5 Å². The van der Waals surface area contributed by atoms with Crippen LogP contribution in [-0.4, -0.2) is 40.4 Å². The molecular formula is C44H42O6. The van der Waals surface area contributed by atoms with E-state index in [9.17, 15) is 9.59 Å². The molecule has 0 N–H and O–H groups in total. The number of fused-ring (bicyclic) bond motifs is 8. The Balaban J connectivity index is 0.931. The first kappa shape index (κ1) is 33.2. The van der Waals surface area contributed by atoms with Gasteiger partial charge in [-0.3, -0.25) is 0 Å². The van der Waals surface area contributed by atoms with Gasteiger partial charge in [-0.25, -0.2) is 9.59 Å². The molecule has 0 saturated carbocycles. The predicted molar refractivity (Wildman–Crippen MR) is 197 cm³/mol. The Morgan fingerprint density at radius 3 is 1.28 bits per heavy atom. The lowest BCUT2D eigenvalue weighted by Crippen LogP contribution is -2.10. The largest absolute Gasteiger partial charge is 0.496 e. The van der Waals surface area contributed by atoms with Crippen LogP contribution in [0.25, 0.3) is 44.5 Å². The first-order chi connectivity index (χ1) is 24.4. The van der Waals surface area contributed by atoms with Crippen LogP contribution in [0.4, 0.5) is 0 Å². The van der Waals surface area contributed by atoms with E-state index in [4.69, 9.17) is 18.9 Å². The van der Waals surface area contributed by atoms with Gasteiger partial charge in [0.25, 0.3) is 0 Å². The topological polar surface area (TPSA) is 71.1 Å². The third-order valence-electron chi connectivity index (χ3n) is 10.2. The molecule has 0 atom stereocenters. The number of carbonyl (C=O) groups is 2. The molecule has 0 heterocycles. The second-order valence-electron chi connectivity index (χ2n) is 13.1. The van der Waals surface area contributed by atoms with Gasteiger partial charge >= 0.3 is 11.9 Å². The molecule has 50 heavy (non-hydrogen) atoms. The average molecular weight is 667 g/mol. The van der Waals surface area contributed by atoms with Gasteiger partial charge in [0.2, 0.25) is 0 Å². The molecule has 6 heteroatoms. The van der Waals surface area contributed by atoms with Gasteiger partial charge in [-0.1, -0.05) is 60.7 Å². The van der Waals surface area contributed by atoms with Gasteiger partial charge in [0, 0.05) is 11.1 Å². The summed E-state index contributed by atoms with van der Waals surface area (Å²) in [7, 11) is 6.34. The van der Waals surface area contributed by atoms with E-state index < -0.39 is 0 Å².